The fourth-order valence-electron chi connectivity index (χ4n) is 4.77. The average molecular weight is 707 g/mol. The van der Waals surface area contributed by atoms with Crippen molar-refractivity contribution in [2.45, 2.75) is 79.1 Å². The summed E-state index contributed by atoms with van der Waals surface area (Å²) in [4.78, 5) is 86.1. The van der Waals surface area contributed by atoms with Crippen LogP contribution in [0.25, 0.3) is 0 Å². The van der Waals surface area contributed by atoms with E-state index >= 15 is 0 Å². The monoisotopic (exact) mass is 706 g/mol. The molecule has 2 amide bonds. The number of amides is 2. The molecule has 0 saturated carbocycles. The van der Waals surface area contributed by atoms with Gasteiger partial charge in [-0.25, -0.2) is 9.78 Å². The maximum absolute atomic E-state index is 13.1. The first-order valence-electron chi connectivity index (χ1n) is 16.6. The van der Waals surface area contributed by atoms with Gasteiger partial charge in [-0.15, -0.1) is 0 Å². The van der Waals surface area contributed by atoms with Gasteiger partial charge in [0.15, 0.2) is 0 Å². The molecule has 280 valence electrons. The van der Waals surface area contributed by atoms with E-state index < -0.39 is 52.5 Å². The van der Waals surface area contributed by atoms with Crippen molar-refractivity contribution in [3.63, 3.8) is 0 Å². The molecule has 1 aromatic heterocycles. The highest BCUT2D eigenvalue weighted by Gasteiger charge is 2.25. The molecule has 1 aromatic rings. The van der Waals surface area contributed by atoms with Gasteiger partial charge in [0.05, 0.1) is 25.2 Å². The molecular formula is C34H54N6O10. The third kappa shape index (κ3) is 17.0. The van der Waals surface area contributed by atoms with E-state index in [1.807, 2.05) is 4.90 Å². The molecule has 0 aliphatic carbocycles. The zero-order chi connectivity index (χ0) is 37.9. The lowest BCUT2D eigenvalue weighted by atomic mass is 10.1. The predicted octanol–water partition coefficient (Wildman–Crippen LogP) is 1.18. The molecule has 50 heavy (non-hydrogen) atoms. The zero-order valence-corrected chi connectivity index (χ0v) is 30.8. The van der Waals surface area contributed by atoms with Crippen molar-refractivity contribution < 1.29 is 48.1 Å². The van der Waals surface area contributed by atoms with Gasteiger partial charge >= 0.3 is 23.9 Å². The Morgan fingerprint density at radius 2 is 0.920 bits per heavy atom. The van der Waals surface area contributed by atoms with E-state index in [0.717, 1.165) is 12.1 Å². The van der Waals surface area contributed by atoms with E-state index in [0.29, 0.717) is 13.1 Å². The molecule has 2 bridgehead atoms. The molecule has 0 spiro atoms. The van der Waals surface area contributed by atoms with Crippen LogP contribution in [0.3, 0.4) is 0 Å². The third-order valence-corrected chi connectivity index (χ3v) is 6.75. The molecule has 1 aliphatic heterocycles. The number of pyridine rings is 1. The fourth-order valence-corrected chi connectivity index (χ4v) is 4.77. The summed E-state index contributed by atoms with van der Waals surface area (Å²) in [5.41, 5.74) is -3.02. The van der Waals surface area contributed by atoms with Crippen LogP contribution in [-0.2, 0) is 28.6 Å². The zero-order valence-electron chi connectivity index (χ0n) is 30.8. The molecule has 16 nitrogen and oxygen atoms in total. The number of rotatable bonds is 7. The van der Waals surface area contributed by atoms with E-state index in [2.05, 4.69) is 15.6 Å². The lowest BCUT2D eigenvalue weighted by Crippen LogP contribution is -2.47. The fraction of sp³-hybridized carbons (Fsp3) is 0.676. The topological polar surface area (TPSA) is 197 Å². The minimum absolute atomic E-state index is 0.0396. The van der Waals surface area contributed by atoms with Gasteiger partial charge in [-0.2, -0.15) is 0 Å². The molecule has 0 atom stereocenters. The van der Waals surface area contributed by atoms with E-state index in [9.17, 15) is 33.9 Å². The normalized spacial score (nSPS) is 17.1. The Balaban J connectivity index is 2.46. The van der Waals surface area contributed by atoms with Crippen molar-refractivity contribution >= 4 is 35.7 Å². The van der Waals surface area contributed by atoms with Crippen molar-refractivity contribution in [1.29, 1.82) is 0 Å². The summed E-state index contributed by atoms with van der Waals surface area (Å²) in [6.07, 6.45) is 0. The van der Waals surface area contributed by atoms with Crippen molar-refractivity contribution in [2.75, 3.05) is 72.0 Å². The van der Waals surface area contributed by atoms with Gasteiger partial charge in [0.1, 0.15) is 28.2 Å². The predicted molar refractivity (Wildman–Crippen MR) is 183 cm³/mol. The molecule has 0 unspecified atom stereocenters. The van der Waals surface area contributed by atoms with Gasteiger partial charge in [0, 0.05) is 52.4 Å². The summed E-state index contributed by atoms with van der Waals surface area (Å²) < 4.78 is 16.6. The molecule has 0 saturated heterocycles. The van der Waals surface area contributed by atoms with Gasteiger partial charge in [0.2, 0.25) is 0 Å². The van der Waals surface area contributed by atoms with Crippen molar-refractivity contribution in [2.24, 2.45) is 0 Å². The van der Waals surface area contributed by atoms with Gasteiger partial charge in [0.25, 0.3) is 11.8 Å². The van der Waals surface area contributed by atoms with Crippen LogP contribution in [0.15, 0.2) is 12.1 Å². The third-order valence-electron chi connectivity index (χ3n) is 6.75. The standard InChI is InChI=1S/C34H54N6O10/c1-32(2,3)48-26(41)20-38-12-10-35-29(44)24-18-23(31(46)47)19-25(37-24)30(45)36-11-13-39(21-27(42)49-33(4,5)6)15-17-40(16-14-38)22-28(43)50-34(7,8)9/h18-19H,10-17,20-22H2,1-9H3,(H,35,44)(H,36,45)(H,46,47). The minimum Gasteiger partial charge on any atom is -0.478 e. The molecule has 2 heterocycles. The Morgan fingerprint density at radius 3 is 1.20 bits per heavy atom. The Labute approximate surface area is 294 Å². The Hall–Kier alpha value is -4.15. The number of nitrogens with zero attached hydrogens (tertiary/aromatic N) is 4. The van der Waals surface area contributed by atoms with Crippen LogP contribution in [0.4, 0.5) is 0 Å². The number of hydrogen-bond acceptors (Lipinski definition) is 13. The lowest BCUT2D eigenvalue weighted by molar-refractivity contribution is -0.158. The van der Waals surface area contributed by atoms with Crippen LogP contribution >= 0.6 is 0 Å². The lowest BCUT2D eigenvalue weighted by Gasteiger charge is -2.31. The number of aromatic nitrogens is 1. The highest BCUT2D eigenvalue weighted by molar-refractivity contribution is 6.00. The van der Waals surface area contributed by atoms with E-state index in [4.69, 9.17) is 14.2 Å². The van der Waals surface area contributed by atoms with Crippen molar-refractivity contribution in [1.82, 2.24) is 30.3 Å². The van der Waals surface area contributed by atoms with E-state index in [-0.39, 0.29) is 75.9 Å². The maximum Gasteiger partial charge on any atom is 0.335 e. The Bertz CT molecular complexity index is 1300. The number of carbonyl (C=O) groups is 6. The number of carboxylic acid groups (broad SMARTS) is 1. The van der Waals surface area contributed by atoms with Crippen molar-refractivity contribution in [3.8, 4) is 0 Å². The molecule has 0 aromatic carbocycles. The smallest absolute Gasteiger partial charge is 0.335 e. The Kier molecular flexibility index (Phi) is 15.3. The second-order valence-electron chi connectivity index (χ2n) is 15.0. The number of carboxylic acids is 1. The van der Waals surface area contributed by atoms with Crippen LogP contribution in [0.2, 0.25) is 0 Å². The SMILES string of the molecule is CC(C)(C)OC(=O)CN1CCNC(=O)c2cc(C(=O)O)cc(n2)C(=O)NCCN(CC(=O)OC(C)(C)C)CCN(CC(=O)OC(C)(C)C)CC1. The number of nitrogens with one attached hydrogen (secondary N) is 2. The van der Waals surface area contributed by atoms with Crippen LogP contribution in [0.1, 0.15) is 93.6 Å². The largest absolute Gasteiger partial charge is 0.478 e. The molecule has 0 radical (unpaired) electrons. The van der Waals surface area contributed by atoms with Gasteiger partial charge in [-0.1, -0.05) is 0 Å². The second-order valence-corrected chi connectivity index (χ2v) is 15.0. The molecule has 2 rings (SSSR count). The number of ether oxygens (including phenoxy) is 3. The van der Waals surface area contributed by atoms with Crippen LogP contribution in [0, 0.1) is 0 Å². The van der Waals surface area contributed by atoms with E-state index in [1.165, 1.54) is 0 Å². The molecule has 0 fully saturated rings. The molecule has 3 N–H and O–H groups in total. The first kappa shape index (κ1) is 42.0. The quantitative estimate of drug-likeness (QED) is 0.270. The number of carbonyl (C=O) groups excluding carboxylic acids is 5. The summed E-state index contributed by atoms with van der Waals surface area (Å²) in [6, 6.07) is 2.14. The summed E-state index contributed by atoms with van der Waals surface area (Å²) in [7, 11) is 0. The maximum atomic E-state index is 13.1. The summed E-state index contributed by atoms with van der Waals surface area (Å²) in [5.74, 6) is -4.20. The van der Waals surface area contributed by atoms with E-state index in [1.54, 1.807) is 72.1 Å². The first-order chi connectivity index (χ1) is 23.0. The van der Waals surface area contributed by atoms with Gasteiger partial charge in [-0.3, -0.25) is 38.7 Å². The summed E-state index contributed by atoms with van der Waals surface area (Å²) >= 11 is 0. The highest BCUT2D eigenvalue weighted by Crippen LogP contribution is 2.12. The number of aromatic carboxylic acids is 1. The number of hydrogen-bond donors (Lipinski definition) is 3. The molecule has 1 aliphatic rings. The number of esters is 3. The van der Waals surface area contributed by atoms with Crippen LogP contribution < -0.4 is 10.6 Å². The van der Waals surface area contributed by atoms with Crippen LogP contribution in [0.5, 0.6) is 0 Å². The summed E-state index contributed by atoms with van der Waals surface area (Å²) in [5, 5.41) is 15.0. The minimum atomic E-state index is -1.35. The average Bonchev–Trinajstić information content (AvgIpc) is 2.94. The molecular weight excluding hydrogens is 652 g/mol. The highest BCUT2D eigenvalue weighted by atomic mass is 16.6. The van der Waals surface area contributed by atoms with Crippen molar-refractivity contribution in [3.05, 3.63) is 29.1 Å². The molecule has 16 heteroatoms. The first-order valence-corrected chi connectivity index (χ1v) is 16.6. The second kappa shape index (κ2) is 18.2. The van der Waals surface area contributed by atoms with Crippen LogP contribution in [-0.4, -0.2) is 149 Å². The summed E-state index contributed by atoms with van der Waals surface area (Å²) in [6.45, 7) is 17.2. The number of fused-ring (bicyclic) bond motifs is 2. The Morgan fingerprint density at radius 1 is 0.620 bits per heavy atom. The van der Waals surface area contributed by atoms with Gasteiger partial charge < -0.3 is 30.0 Å². The van der Waals surface area contributed by atoms with Gasteiger partial charge in [-0.05, 0) is 74.4 Å².